The fourth-order valence-corrected chi connectivity index (χ4v) is 3.09. The van der Waals surface area contributed by atoms with E-state index in [0.717, 1.165) is 53.7 Å². The van der Waals surface area contributed by atoms with E-state index in [2.05, 4.69) is 34.1 Å². The third kappa shape index (κ3) is 3.79. The van der Waals surface area contributed by atoms with Crippen LogP contribution < -0.4 is 0 Å². The van der Waals surface area contributed by atoms with E-state index in [0.29, 0.717) is 6.54 Å². The summed E-state index contributed by atoms with van der Waals surface area (Å²) in [6, 6.07) is 7.90. The molecule has 0 aliphatic carbocycles. The van der Waals surface area contributed by atoms with Crippen molar-refractivity contribution in [2.24, 2.45) is 5.10 Å². The summed E-state index contributed by atoms with van der Waals surface area (Å²) in [5, 5.41) is 12.2. The Kier molecular flexibility index (Phi) is 5.21. The van der Waals surface area contributed by atoms with Crippen LogP contribution in [-0.4, -0.2) is 59.1 Å². The summed E-state index contributed by atoms with van der Waals surface area (Å²) < 4.78 is 2.00. The molecular weight excluding hydrogens is 322 g/mol. The monoisotopic (exact) mass is 345 g/mol. The topological polar surface area (TPSA) is 36.7 Å². The Bertz CT molecular complexity index is 729. The molecule has 24 heavy (non-hydrogen) atoms. The van der Waals surface area contributed by atoms with Crippen LogP contribution in [0.3, 0.4) is 0 Å². The molecule has 1 aromatic heterocycles. The smallest absolute Gasteiger partial charge is 0.0685 e. The van der Waals surface area contributed by atoms with Crippen LogP contribution in [-0.2, 0) is 6.54 Å². The molecule has 2 aromatic rings. The molecule has 6 heteroatoms. The second-order valence-corrected chi connectivity index (χ2v) is 6.74. The van der Waals surface area contributed by atoms with Crippen LogP contribution in [0.25, 0.3) is 0 Å². The van der Waals surface area contributed by atoms with Crippen LogP contribution in [0.15, 0.2) is 29.4 Å². The van der Waals surface area contributed by atoms with Crippen LogP contribution in [0.2, 0.25) is 5.02 Å². The molecule has 1 aliphatic rings. The van der Waals surface area contributed by atoms with E-state index < -0.39 is 0 Å². The number of benzene rings is 1. The van der Waals surface area contributed by atoms with E-state index in [1.807, 2.05) is 42.1 Å². The average Bonchev–Trinajstić information content (AvgIpc) is 2.83. The first-order valence-electron chi connectivity index (χ1n) is 8.29. The van der Waals surface area contributed by atoms with Gasteiger partial charge in [0.1, 0.15) is 0 Å². The largest absolute Gasteiger partial charge is 0.303 e. The zero-order valence-electron chi connectivity index (χ0n) is 14.5. The number of likely N-dealkylation sites (N-methyl/N-ethyl adjacent to an activating group) is 1. The van der Waals surface area contributed by atoms with Crippen molar-refractivity contribution in [3.05, 3.63) is 51.8 Å². The van der Waals surface area contributed by atoms with Crippen molar-refractivity contribution in [3.63, 3.8) is 0 Å². The summed E-state index contributed by atoms with van der Waals surface area (Å²) in [5.41, 5.74) is 4.29. The average molecular weight is 346 g/mol. The Balaban J connectivity index is 1.76. The number of nitrogens with zero attached hydrogens (tertiary/aromatic N) is 5. The van der Waals surface area contributed by atoms with Gasteiger partial charge in [-0.05, 0) is 32.5 Å². The molecule has 0 spiro atoms. The van der Waals surface area contributed by atoms with Crippen LogP contribution >= 0.6 is 11.6 Å². The van der Waals surface area contributed by atoms with Crippen molar-refractivity contribution in [2.45, 2.75) is 20.4 Å². The minimum atomic E-state index is 0.675. The number of hydrogen-bond donors (Lipinski definition) is 0. The van der Waals surface area contributed by atoms with Crippen molar-refractivity contribution in [3.8, 4) is 0 Å². The number of hydrazone groups is 1. The maximum absolute atomic E-state index is 6.27. The van der Waals surface area contributed by atoms with Gasteiger partial charge in [-0.15, -0.1) is 0 Å². The highest BCUT2D eigenvalue weighted by Gasteiger charge is 2.14. The van der Waals surface area contributed by atoms with Crippen molar-refractivity contribution >= 4 is 17.8 Å². The van der Waals surface area contributed by atoms with Gasteiger partial charge in [-0.25, -0.2) is 0 Å². The lowest BCUT2D eigenvalue weighted by Gasteiger charge is -2.30. The zero-order valence-corrected chi connectivity index (χ0v) is 15.3. The van der Waals surface area contributed by atoms with Crippen molar-refractivity contribution in [2.75, 3.05) is 33.2 Å². The highest BCUT2D eigenvalue weighted by molar-refractivity contribution is 6.31. The summed E-state index contributed by atoms with van der Waals surface area (Å²) in [6.07, 6.45) is 1.95. The van der Waals surface area contributed by atoms with Crippen LogP contribution in [0.1, 0.15) is 22.5 Å². The van der Waals surface area contributed by atoms with Crippen molar-refractivity contribution in [1.29, 1.82) is 0 Å². The number of halogens is 1. The molecule has 128 valence electrons. The fourth-order valence-electron chi connectivity index (χ4n) is 2.89. The lowest BCUT2D eigenvalue weighted by Crippen LogP contribution is -2.41. The summed E-state index contributed by atoms with van der Waals surface area (Å²) in [4.78, 5) is 2.32. The molecule has 3 rings (SSSR count). The van der Waals surface area contributed by atoms with E-state index >= 15 is 0 Å². The molecule has 0 saturated carbocycles. The molecule has 1 fully saturated rings. The SMILES string of the molecule is Cc1nn(Cc2ccccc2Cl)c(C)c1/C=N/N1CCN(C)CC1. The molecule has 1 saturated heterocycles. The van der Waals surface area contributed by atoms with Gasteiger partial charge in [0.25, 0.3) is 0 Å². The maximum Gasteiger partial charge on any atom is 0.0685 e. The molecule has 1 aliphatic heterocycles. The molecule has 0 amide bonds. The van der Waals surface area contributed by atoms with E-state index in [1.54, 1.807) is 0 Å². The Labute approximate surface area is 148 Å². The molecule has 0 unspecified atom stereocenters. The van der Waals surface area contributed by atoms with Gasteiger partial charge in [-0.3, -0.25) is 9.69 Å². The summed E-state index contributed by atoms with van der Waals surface area (Å²) in [6.45, 7) is 8.85. The van der Waals surface area contributed by atoms with E-state index in [1.165, 1.54) is 0 Å². The number of hydrogen-bond acceptors (Lipinski definition) is 4. The van der Waals surface area contributed by atoms with Gasteiger partial charge in [0, 0.05) is 42.5 Å². The minimum absolute atomic E-state index is 0.675. The Morgan fingerprint density at radius 2 is 1.88 bits per heavy atom. The molecule has 0 bridgehead atoms. The third-order valence-corrected chi connectivity index (χ3v) is 4.91. The maximum atomic E-state index is 6.27. The number of rotatable bonds is 4. The van der Waals surface area contributed by atoms with Gasteiger partial charge in [-0.1, -0.05) is 29.8 Å². The van der Waals surface area contributed by atoms with Gasteiger partial charge in [0.15, 0.2) is 0 Å². The zero-order chi connectivity index (χ0) is 17.1. The van der Waals surface area contributed by atoms with Crippen molar-refractivity contribution < 1.29 is 0 Å². The summed E-state index contributed by atoms with van der Waals surface area (Å²) in [7, 11) is 2.15. The van der Waals surface area contributed by atoms with E-state index in [4.69, 9.17) is 11.6 Å². The first-order chi connectivity index (χ1) is 11.5. The number of piperazine rings is 1. The number of aryl methyl sites for hydroxylation is 1. The predicted octanol–water partition coefficient (Wildman–Crippen LogP) is 2.78. The van der Waals surface area contributed by atoms with Crippen molar-refractivity contribution in [1.82, 2.24) is 19.7 Å². The Hall–Kier alpha value is -1.85. The van der Waals surface area contributed by atoms with Crippen LogP contribution in [0.4, 0.5) is 0 Å². The molecule has 0 atom stereocenters. The second-order valence-electron chi connectivity index (χ2n) is 6.34. The molecule has 5 nitrogen and oxygen atoms in total. The Morgan fingerprint density at radius 3 is 2.58 bits per heavy atom. The first kappa shape index (κ1) is 17.0. The third-order valence-electron chi connectivity index (χ3n) is 4.55. The standard InChI is InChI=1S/C18H24ClN5/c1-14-17(12-20-23-10-8-22(3)9-11-23)15(2)24(21-14)13-16-6-4-5-7-18(16)19/h4-7,12H,8-11,13H2,1-3H3/b20-12+. The van der Waals surface area contributed by atoms with Gasteiger partial charge < -0.3 is 4.90 Å². The van der Waals surface area contributed by atoms with Gasteiger partial charge >= 0.3 is 0 Å². The fraction of sp³-hybridized carbons (Fsp3) is 0.444. The number of aromatic nitrogens is 2. The minimum Gasteiger partial charge on any atom is -0.303 e. The van der Waals surface area contributed by atoms with Crippen LogP contribution in [0.5, 0.6) is 0 Å². The Morgan fingerprint density at radius 1 is 1.17 bits per heavy atom. The second kappa shape index (κ2) is 7.36. The van der Waals surface area contributed by atoms with Crippen LogP contribution in [0, 0.1) is 13.8 Å². The lowest BCUT2D eigenvalue weighted by molar-refractivity contribution is 0.159. The first-order valence-corrected chi connectivity index (χ1v) is 8.67. The van der Waals surface area contributed by atoms with Gasteiger partial charge in [0.2, 0.25) is 0 Å². The van der Waals surface area contributed by atoms with Gasteiger partial charge in [0.05, 0.1) is 18.5 Å². The van der Waals surface area contributed by atoms with Gasteiger partial charge in [-0.2, -0.15) is 10.2 Å². The predicted molar refractivity (Wildman–Crippen MR) is 98.9 cm³/mol. The molecular formula is C18H24ClN5. The molecule has 2 heterocycles. The molecule has 0 radical (unpaired) electrons. The summed E-state index contributed by atoms with van der Waals surface area (Å²) >= 11 is 6.27. The van der Waals surface area contributed by atoms with E-state index in [9.17, 15) is 0 Å². The summed E-state index contributed by atoms with van der Waals surface area (Å²) in [5.74, 6) is 0. The molecule has 1 aromatic carbocycles. The highest BCUT2D eigenvalue weighted by atomic mass is 35.5. The molecule has 0 N–H and O–H groups in total. The lowest BCUT2D eigenvalue weighted by atomic mass is 10.2. The normalized spacial score (nSPS) is 16.2. The van der Waals surface area contributed by atoms with E-state index in [-0.39, 0.29) is 0 Å². The quantitative estimate of drug-likeness (QED) is 0.799. The highest BCUT2D eigenvalue weighted by Crippen LogP contribution is 2.18.